The summed E-state index contributed by atoms with van der Waals surface area (Å²) in [6.45, 7) is 6.09. The molecule has 0 aromatic carbocycles. The van der Waals surface area contributed by atoms with Crippen molar-refractivity contribution < 1.29 is 4.79 Å². The van der Waals surface area contributed by atoms with Crippen LogP contribution in [0.4, 0.5) is 0 Å². The number of terminal acetylenes is 1. The lowest BCUT2D eigenvalue weighted by Gasteiger charge is -2.36. The Morgan fingerprint density at radius 3 is 2.56 bits per heavy atom. The van der Waals surface area contributed by atoms with Crippen molar-refractivity contribution in [2.45, 2.75) is 58.4 Å². The zero-order valence-electron chi connectivity index (χ0n) is 11.7. The largest absolute Gasteiger partial charge is 0.342 e. The van der Waals surface area contributed by atoms with E-state index >= 15 is 0 Å². The van der Waals surface area contributed by atoms with Crippen LogP contribution in [-0.4, -0.2) is 25.0 Å². The molecule has 0 bridgehead atoms. The fourth-order valence-electron chi connectivity index (χ4n) is 2.77. The Hall–Kier alpha value is -1.01. The van der Waals surface area contributed by atoms with Crippen LogP contribution in [0.3, 0.4) is 0 Å². The van der Waals surface area contributed by atoms with Crippen molar-refractivity contribution in [1.29, 1.82) is 0 Å². The average molecular weight is 250 g/mol. The first-order valence-electron chi connectivity index (χ1n) is 7.16. The highest BCUT2D eigenvalue weighted by atomic mass is 16.2. The minimum absolute atomic E-state index is 0.105. The minimum atomic E-state index is -0.192. The molecule has 2 N–H and O–H groups in total. The van der Waals surface area contributed by atoms with Crippen LogP contribution in [0.2, 0.25) is 0 Å². The van der Waals surface area contributed by atoms with Crippen molar-refractivity contribution in [2.75, 3.05) is 13.1 Å². The summed E-state index contributed by atoms with van der Waals surface area (Å²) in [7, 11) is 0. The molecule has 3 nitrogen and oxygen atoms in total. The molecule has 1 unspecified atom stereocenters. The molecule has 1 atom stereocenters. The number of carbonyl (C=O) groups excluding carboxylic acids is 1. The highest BCUT2D eigenvalue weighted by Gasteiger charge is 2.38. The van der Waals surface area contributed by atoms with Crippen molar-refractivity contribution in [3.63, 3.8) is 0 Å². The van der Waals surface area contributed by atoms with Crippen LogP contribution < -0.4 is 10.6 Å². The third kappa shape index (κ3) is 3.74. The summed E-state index contributed by atoms with van der Waals surface area (Å²) in [6.07, 6.45) is 11.2. The van der Waals surface area contributed by atoms with Gasteiger partial charge in [0.2, 0.25) is 5.91 Å². The molecule has 0 radical (unpaired) electrons. The highest BCUT2D eigenvalue weighted by Crippen LogP contribution is 2.34. The quantitative estimate of drug-likeness (QED) is 0.709. The second-order valence-electron chi connectivity index (χ2n) is 5.26. The van der Waals surface area contributed by atoms with Gasteiger partial charge in [0.25, 0.3) is 0 Å². The van der Waals surface area contributed by atoms with Crippen molar-refractivity contribution in [3.05, 3.63) is 0 Å². The van der Waals surface area contributed by atoms with Gasteiger partial charge in [0.05, 0.1) is 11.5 Å². The van der Waals surface area contributed by atoms with E-state index < -0.39 is 0 Å². The van der Waals surface area contributed by atoms with E-state index in [1.807, 2.05) is 0 Å². The molecule has 1 amide bonds. The Labute approximate surface area is 111 Å². The molecule has 3 heteroatoms. The molecular weight excluding hydrogens is 224 g/mol. The Morgan fingerprint density at radius 2 is 2.06 bits per heavy atom. The number of hydrogen-bond donors (Lipinski definition) is 2. The number of carbonyl (C=O) groups is 1. The standard InChI is InChI=1S/C15H26N2O/c1-4-7-13(6-3)17-14(18)15(8-5-2)9-11-16-12-10-15/h3,13,16H,4-5,7-12H2,1-2H3,(H,17,18). The van der Waals surface area contributed by atoms with Gasteiger partial charge < -0.3 is 10.6 Å². The van der Waals surface area contributed by atoms with Gasteiger partial charge in [0, 0.05) is 0 Å². The Balaban J connectivity index is 2.67. The molecular formula is C15H26N2O. The predicted molar refractivity (Wildman–Crippen MR) is 75.1 cm³/mol. The van der Waals surface area contributed by atoms with Gasteiger partial charge in [-0.3, -0.25) is 4.79 Å². The molecule has 0 spiro atoms. The second kappa shape index (κ2) is 7.43. The highest BCUT2D eigenvalue weighted by molar-refractivity contribution is 5.83. The van der Waals surface area contributed by atoms with E-state index in [4.69, 9.17) is 6.42 Å². The number of rotatable bonds is 6. The van der Waals surface area contributed by atoms with Crippen LogP contribution in [0.5, 0.6) is 0 Å². The first-order chi connectivity index (χ1) is 8.68. The second-order valence-corrected chi connectivity index (χ2v) is 5.26. The van der Waals surface area contributed by atoms with Gasteiger partial charge in [-0.15, -0.1) is 6.42 Å². The van der Waals surface area contributed by atoms with Crippen molar-refractivity contribution in [3.8, 4) is 12.3 Å². The number of piperidine rings is 1. The molecule has 1 rings (SSSR count). The molecule has 102 valence electrons. The Morgan fingerprint density at radius 1 is 1.39 bits per heavy atom. The number of amides is 1. The molecule has 1 fully saturated rings. The number of nitrogens with one attached hydrogen (secondary N) is 2. The lowest BCUT2D eigenvalue weighted by molar-refractivity contribution is -0.133. The van der Waals surface area contributed by atoms with Crippen LogP contribution >= 0.6 is 0 Å². The average Bonchev–Trinajstić information content (AvgIpc) is 2.39. The van der Waals surface area contributed by atoms with Crippen molar-refractivity contribution in [2.24, 2.45) is 5.41 Å². The van der Waals surface area contributed by atoms with E-state index in [-0.39, 0.29) is 17.4 Å². The Bertz CT molecular complexity index is 295. The van der Waals surface area contributed by atoms with Crippen LogP contribution in [0.25, 0.3) is 0 Å². The summed E-state index contributed by atoms with van der Waals surface area (Å²) in [4.78, 5) is 12.5. The van der Waals surface area contributed by atoms with Crippen molar-refractivity contribution in [1.82, 2.24) is 10.6 Å². The molecule has 0 aliphatic carbocycles. The fourth-order valence-corrected chi connectivity index (χ4v) is 2.77. The van der Waals surface area contributed by atoms with E-state index in [1.165, 1.54) is 0 Å². The summed E-state index contributed by atoms with van der Waals surface area (Å²) in [5.41, 5.74) is -0.192. The van der Waals surface area contributed by atoms with Gasteiger partial charge in [-0.05, 0) is 38.8 Å². The first kappa shape index (κ1) is 15.0. The fraction of sp³-hybridized carbons (Fsp3) is 0.800. The summed E-state index contributed by atoms with van der Waals surface area (Å²) in [5.74, 6) is 2.85. The van der Waals surface area contributed by atoms with E-state index in [2.05, 4.69) is 30.4 Å². The third-order valence-electron chi connectivity index (χ3n) is 3.85. The van der Waals surface area contributed by atoms with Gasteiger partial charge in [0.15, 0.2) is 0 Å². The lowest BCUT2D eigenvalue weighted by Crippen LogP contribution is -2.50. The SMILES string of the molecule is C#CC(CCC)NC(=O)C1(CCC)CCNCC1. The molecule has 1 aliphatic rings. The van der Waals surface area contributed by atoms with Gasteiger partial charge >= 0.3 is 0 Å². The molecule has 18 heavy (non-hydrogen) atoms. The van der Waals surface area contributed by atoms with E-state index in [0.29, 0.717) is 0 Å². The summed E-state index contributed by atoms with van der Waals surface area (Å²) in [5, 5.41) is 6.39. The lowest BCUT2D eigenvalue weighted by atomic mass is 9.74. The number of hydrogen-bond acceptors (Lipinski definition) is 2. The van der Waals surface area contributed by atoms with Gasteiger partial charge in [-0.2, -0.15) is 0 Å². The molecule has 1 aliphatic heterocycles. The predicted octanol–water partition coefficient (Wildman–Crippen LogP) is 2.07. The maximum Gasteiger partial charge on any atom is 0.227 e. The maximum absolute atomic E-state index is 12.5. The van der Waals surface area contributed by atoms with Crippen molar-refractivity contribution >= 4 is 5.91 Å². The Kier molecular flexibility index (Phi) is 6.21. The zero-order chi connectivity index (χ0) is 13.4. The first-order valence-corrected chi connectivity index (χ1v) is 7.16. The van der Waals surface area contributed by atoms with Gasteiger partial charge in [-0.25, -0.2) is 0 Å². The van der Waals surface area contributed by atoms with E-state index in [1.54, 1.807) is 0 Å². The summed E-state index contributed by atoms with van der Waals surface area (Å²) in [6, 6.07) is -0.105. The smallest absolute Gasteiger partial charge is 0.227 e. The molecule has 0 aromatic rings. The van der Waals surface area contributed by atoms with Crippen LogP contribution in [0.1, 0.15) is 52.4 Å². The third-order valence-corrected chi connectivity index (χ3v) is 3.85. The van der Waals surface area contributed by atoms with Crippen LogP contribution in [-0.2, 0) is 4.79 Å². The molecule has 1 heterocycles. The van der Waals surface area contributed by atoms with Crippen LogP contribution in [0, 0.1) is 17.8 Å². The topological polar surface area (TPSA) is 41.1 Å². The normalized spacial score (nSPS) is 19.8. The van der Waals surface area contributed by atoms with E-state index in [9.17, 15) is 4.79 Å². The zero-order valence-corrected chi connectivity index (χ0v) is 11.7. The maximum atomic E-state index is 12.5. The summed E-state index contributed by atoms with van der Waals surface area (Å²) >= 11 is 0. The van der Waals surface area contributed by atoms with Gasteiger partial charge in [-0.1, -0.05) is 32.6 Å². The molecule has 0 saturated carbocycles. The van der Waals surface area contributed by atoms with E-state index in [0.717, 1.165) is 51.6 Å². The van der Waals surface area contributed by atoms with Crippen LogP contribution in [0.15, 0.2) is 0 Å². The molecule has 1 saturated heterocycles. The molecule has 0 aromatic heterocycles. The minimum Gasteiger partial charge on any atom is -0.342 e. The summed E-state index contributed by atoms with van der Waals surface area (Å²) < 4.78 is 0. The van der Waals surface area contributed by atoms with Gasteiger partial charge in [0.1, 0.15) is 0 Å². The monoisotopic (exact) mass is 250 g/mol.